The molecule has 0 aliphatic heterocycles. The smallest absolute Gasteiger partial charge is 0.197 e. The predicted molar refractivity (Wildman–Crippen MR) is 71.7 cm³/mol. The van der Waals surface area contributed by atoms with Gasteiger partial charge in [-0.05, 0) is 36.4 Å². The number of carbonyl (C=O) groups excluding carboxylic acids is 1. The van der Waals surface area contributed by atoms with E-state index in [2.05, 4.69) is 0 Å². The maximum absolute atomic E-state index is 13.3. The molecular weight excluding hydrogens is 247 g/mol. The van der Waals surface area contributed by atoms with Crippen molar-refractivity contribution in [3.63, 3.8) is 0 Å². The molecule has 2 rings (SSSR count). The average molecular weight is 260 g/mol. The average Bonchev–Trinajstić information content (AvgIpc) is 2.36. The number of nitrogen functional groups attached to an aromatic ring is 2. The largest absolute Gasteiger partial charge is 0.496 e. The van der Waals surface area contributed by atoms with Crippen molar-refractivity contribution in [1.82, 2.24) is 0 Å². The van der Waals surface area contributed by atoms with Crippen molar-refractivity contribution in [1.29, 1.82) is 0 Å². The van der Waals surface area contributed by atoms with E-state index in [9.17, 15) is 9.18 Å². The standard InChI is InChI=1S/C14H13FN2O2/c1-19-13-3-2-9(15)6-12(13)14(18)8-4-10(16)7-11(17)5-8/h2-7H,16-17H2,1H3. The summed E-state index contributed by atoms with van der Waals surface area (Å²) < 4.78 is 18.3. The van der Waals surface area contributed by atoms with Crippen LogP contribution in [0.2, 0.25) is 0 Å². The summed E-state index contributed by atoms with van der Waals surface area (Å²) in [4.78, 5) is 12.3. The highest BCUT2D eigenvalue weighted by atomic mass is 19.1. The fourth-order valence-corrected chi connectivity index (χ4v) is 1.82. The maximum Gasteiger partial charge on any atom is 0.197 e. The van der Waals surface area contributed by atoms with Crippen LogP contribution < -0.4 is 16.2 Å². The van der Waals surface area contributed by atoms with Crippen LogP contribution in [0.4, 0.5) is 15.8 Å². The third-order valence-electron chi connectivity index (χ3n) is 2.65. The van der Waals surface area contributed by atoms with Crippen molar-refractivity contribution in [3.8, 4) is 5.75 Å². The highest BCUT2D eigenvalue weighted by Crippen LogP contribution is 2.24. The number of carbonyl (C=O) groups is 1. The third-order valence-corrected chi connectivity index (χ3v) is 2.65. The van der Waals surface area contributed by atoms with Crippen LogP contribution >= 0.6 is 0 Å². The van der Waals surface area contributed by atoms with Gasteiger partial charge in [0.1, 0.15) is 11.6 Å². The van der Waals surface area contributed by atoms with Crippen LogP contribution in [-0.4, -0.2) is 12.9 Å². The van der Waals surface area contributed by atoms with Crippen molar-refractivity contribution < 1.29 is 13.9 Å². The molecule has 0 amide bonds. The summed E-state index contributed by atoms with van der Waals surface area (Å²) in [6.07, 6.45) is 0. The number of ether oxygens (including phenoxy) is 1. The van der Waals surface area contributed by atoms with E-state index in [4.69, 9.17) is 16.2 Å². The van der Waals surface area contributed by atoms with Crippen LogP contribution in [0, 0.1) is 5.82 Å². The van der Waals surface area contributed by atoms with Gasteiger partial charge in [0, 0.05) is 16.9 Å². The summed E-state index contributed by atoms with van der Waals surface area (Å²) in [7, 11) is 1.41. The Kier molecular flexibility index (Phi) is 3.37. The van der Waals surface area contributed by atoms with E-state index in [1.807, 2.05) is 0 Å². The van der Waals surface area contributed by atoms with E-state index in [0.29, 0.717) is 22.7 Å². The van der Waals surface area contributed by atoms with Crippen LogP contribution in [-0.2, 0) is 0 Å². The molecule has 0 heterocycles. The van der Waals surface area contributed by atoms with Gasteiger partial charge >= 0.3 is 0 Å². The summed E-state index contributed by atoms with van der Waals surface area (Å²) in [5.41, 5.74) is 12.4. The first kappa shape index (κ1) is 12.9. The molecule has 0 spiro atoms. The van der Waals surface area contributed by atoms with Gasteiger partial charge in [-0.2, -0.15) is 0 Å². The second-order valence-electron chi connectivity index (χ2n) is 4.06. The quantitative estimate of drug-likeness (QED) is 0.655. The van der Waals surface area contributed by atoms with Crippen LogP contribution in [0.25, 0.3) is 0 Å². The van der Waals surface area contributed by atoms with Crippen molar-refractivity contribution in [2.75, 3.05) is 18.6 Å². The van der Waals surface area contributed by atoms with Gasteiger partial charge < -0.3 is 16.2 Å². The van der Waals surface area contributed by atoms with Crippen molar-refractivity contribution >= 4 is 17.2 Å². The van der Waals surface area contributed by atoms with E-state index in [-0.39, 0.29) is 5.56 Å². The minimum absolute atomic E-state index is 0.132. The summed E-state index contributed by atoms with van der Waals surface area (Å²) in [6.45, 7) is 0. The van der Waals surface area contributed by atoms with Gasteiger partial charge in [0.15, 0.2) is 5.78 Å². The zero-order valence-corrected chi connectivity index (χ0v) is 10.3. The zero-order chi connectivity index (χ0) is 14.0. The normalized spacial score (nSPS) is 10.2. The molecule has 0 atom stereocenters. The number of ketones is 1. The maximum atomic E-state index is 13.3. The summed E-state index contributed by atoms with van der Waals surface area (Å²) in [5.74, 6) is -0.608. The molecule has 0 bridgehead atoms. The Bertz CT molecular complexity index is 621. The first-order chi connectivity index (χ1) is 9.01. The van der Waals surface area contributed by atoms with Crippen LogP contribution in [0.1, 0.15) is 15.9 Å². The van der Waals surface area contributed by atoms with E-state index in [1.165, 1.54) is 31.4 Å². The molecule has 19 heavy (non-hydrogen) atoms. The van der Waals surface area contributed by atoms with Crippen LogP contribution in [0.15, 0.2) is 36.4 Å². The SMILES string of the molecule is COc1ccc(F)cc1C(=O)c1cc(N)cc(N)c1. The van der Waals surface area contributed by atoms with Gasteiger partial charge in [-0.25, -0.2) is 4.39 Å². The predicted octanol–water partition coefficient (Wildman–Crippen LogP) is 2.23. The second-order valence-corrected chi connectivity index (χ2v) is 4.06. The van der Waals surface area contributed by atoms with Gasteiger partial charge in [-0.15, -0.1) is 0 Å². The van der Waals surface area contributed by atoms with E-state index in [0.717, 1.165) is 6.07 Å². The molecule has 0 saturated heterocycles. The van der Waals surface area contributed by atoms with Crippen LogP contribution in [0.3, 0.4) is 0 Å². The Balaban J connectivity index is 2.52. The molecule has 2 aromatic carbocycles. The summed E-state index contributed by atoms with van der Waals surface area (Å²) in [5, 5.41) is 0. The number of benzene rings is 2. The lowest BCUT2D eigenvalue weighted by Crippen LogP contribution is -2.06. The topological polar surface area (TPSA) is 78.3 Å². The molecule has 98 valence electrons. The van der Waals surface area contributed by atoms with Crippen LogP contribution in [0.5, 0.6) is 5.75 Å². The molecular formula is C14H13FN2O2. The summed E-state index contributed by atoms with van der Waals surface area (Å²) >= 11 is 0. The summed E-state index contributed by atoms with van der Waals surface area (Å²) in [6, 6.07) is 8.27. The van der Waals surface area contributed by atoms with Crippen molar-refractivity contribution in [2.24, 2.45) is 0 Å². The fraction of sp³-hybridized carbons (Fsp3) is 0.0714. The number of methoxy groups -OCH3 is 1. The number of halogens is 1. The number of anilines is 2. The Morgan fingerprint density at radius 3 is 2.32 bits per heavy atom. The lowest BCUT2D eigenvalue weighted by molar-refractivity contribution is 0.103. The monoisotopic (exact) mass is 260 g/mol. The molecule has 0 unspecified atom stereocenters. The highest BCUT2D eigenvalue weighted by Gasteiger charge is 2.16. The molecule has 4 nitrogen and oxygen atoms in total. The van der Waals surface area contributed by atoms with Gasteiger partial charge in [-0.1, -0.05) is 0 Å². The van der Waals surface area contributed by atoms with Gasteiger partial charge in [0.25, 0.3) is 0 Å². The van der Waals surface area contributed by atoms with Gasteiger partial charge in [0.05, 0.1) is 12.7 Å². The number of hydrogen-bond acceptors (Lipinski definition) is 4. The Labute approximate surface area is 109 Å². The molecule has 0 aliphatic carbocycles. The minimum Gasteiger partial charge on any atom is -0.496 e. The molecule has 4 N–H and O–H groups in total. The Morgan fingerprint density at radius 2 is 1.74 bits per heavy atom. The molecule has 2 aromatic rings. The lowest BCUT2D eigenvalue weighted by atomic mass is 10.0. The Morgan fingerprint density at radius 1 is 1.11 bits per heavy atom. The molecule has 0 aliphatic rings. The molecule has 0 radical (unpaired) electrons. The second kappa shape index (κ2) is 4.97. The molecule has 0 saturated carbocycles. The molecule has 0 fully saturated rings. The van der Waals surface area contributed by atoms with Crippen molar-refractivity contribution in [2.45, 2.75) is 0 Å². The zero-order valence-electron chi connectivity index (χ0n) is 10.3. The van der Waals surface area contributed by atoms with E-state index >= 15 is 0 Å². The van der Waals surface area contributed by atoms with E-state index < -0.39 is 11.6 Å². The van der Waals surface area contributed by atoms with E-state index in [1.54, 1.807) is 6.07 Å². The number of hydrogen-bond donors (Lipinski definition) is 2. The van der Waals surface area contributed by atoms with Gasteiger partial charge in [-0.3, -0.25) is 4.79 Å². The van der Waals surface area contributed by atoms with Crippen molar-refractivity contribution in [3.05, 3.63) is 53.3 Å². The molecule has 0 aromatic heterocycles. The third kappa shape index (κ3) is 2.65. The van der Waals surface area contributed by atoms with Gasteiger partial charge in [0.2, 0.25) is 0 Å². The first-order valence-electron chi connectivity index (χ1n) is 5.55. The number of nitrogens with two attached hydrogens (primary N) is 2. The Hall–Kier alpha value is -2.56. The minimum atomic E-state index is -0.513. The lowest BCUT2D eigenvalue weighted by Gasteiger charge is -2.09. The fourth-order valence-electron chi connectivity index (χ4n) is 1.82. The first-order valence-corrected chi connectivity index (χ1v) is 5.55. The number of rotatable bonds is 3. The molecule has 5 heteroatoms. The highest BCUT2D eigenvalue weighted by molar-refractivity contribution is 6.11.